The van der Waals surface area contributed by atoms with Gasteiger partial charge in [0.2, 0.25) is 5.91 Å². The second-order valence-electron chi connectivity index (χ2n) is 5.19. The fourth-order valence-corrected chi connectivity index (χ4v) is 2.54. The Bertz CT molecular complexity index is 607. The predicted octanol–water partition coefficient (Wildman–Crippen LogP) is 3.00. The van der Waals surface area contributed by atoms with Gasteiger partial charge in [0.1, 0.15) is 0 Å². The van der Waals surface area contributed by atoms with Gasteiger partial charge in [-0.25, -0.2) is 0 Å². The summed E-state index contributed by atoms with van der Waals surface area (Å²) in [6, 6.07) is 4.99. The third kappa shape index (κ3) is 3.50. The summed E-state index contributed by atoms with van der Waals surface area (Å²) in [5.74, 6) is 0.0643. The lowest BCUT2D eigenvalue weighted by Gasteiger charge is -2.18. The Kier molecular flexibility index (Phi) is 4.59. The Morgan fingerprint density at radius 1 is 1.50 bits per heavy atom. The van der Waals surface area contributed by atoms with E-state index in [1.165, 1.54) is 12.1 Å². The number of hydrogen-bond acceptors (Lipinski definition) is 3. The van der Waals surface area contributed by atoms with Crippen LogP contribution in [0.25, 0.3) is 0 Å². The molecule has 7 heteroatoms. The lowest BCUT2D eigenvalue weighted by atomic mass is 10.1. The third-order valence-corrected chi connectivity index (χ3v) is 3.66. The average molecular weight is 311 g/mol. The molecular weight excluding hydrogens is 295 g/mol. The van der Waals surface area contributed by atoms with E-state index in [1.54, 1.807) is 17.9 Å². The minimum atomic E-state index is -4.54. The summed E-state index contributed by atoms with van der Waals surface area (Å²) in [5, 5.41) is 12.0. The van der Waals surface area contributed by atoms with E-state index >= 15 is 0 Å². The number of nitrogens with one attached hydrogen (secondary N) is 1. The fourth-order valence-electron chi connectivity index (χ4n) is 2.54. The molecule has 0 saturated carbocycles. The van der Waals surface area contributed by atoms with Gasteiger partial charge in [0.25, 0.3) is 0 Å². The van der Waals surface area contributed by atoms with Gasteiger partial charge in [0, 0.05) is 31.2 Å². The Morgan fingerprint density at radius 3 is 2.82 bits per heavy atom. The maximum absolute atomic E-state index is 12.7. The normalized spacial score (nSPS) is 18.1. The zero-order valence-electron chi connectivity index (χ0n) is 12.1. The highest BCUT2D eigenvalue weighted by Gasteiger charge is 2.33. The molecule has 1 fully saturated rings. The van der Waals surface area contributed by atoms with E-state index < -0.39 is 17.3 Å². The lowest BCUT2D eigenvalue weighted by Crippen LogP contribution is -2.30. The molecule has 0 bridgehead atoms. The summed E-state index contributed by atoms with van der Waals surface area (Å²) in [4.78, 5) is 13.3. The number of carbonyl (C=O) groups is 1. The molecule has 0 radical (unpaired) electrons. The number of rotatable bonds is 3. The summed E-state index contributed by atoms with van der Waals surface area (Å²) < 4.78 is 38.2. The number of amides is 1. The Labute approximate surface area is 126 Å². The summed E-state index contributed by atoms with van der Waals surface area (Å²) in [5.41, 5.74) is -0.882. The van der Waals surface area contributed by atoms with Crippen LogP contribution in [-0.4, -0.2) is 29.9 Å². The van der Waals surface area contributed by atoms with Gasteiger partial charge < -0.3 is 10.2 Å². The van der Waals surface area contributed by atoms with E-state index in [0.717, 1.165) is 12.5 Å². The van der Waals surface area contributed by atoms with E-state index in [0.29, 0.717) is 25.2 Å². The van der Waals surface area contributed by atoms with Crippen LogP contribution in [0.15, 0.2) is 18.2 Å². The van der Waals surface area contributed by atoms with Crippen LogP contribution in [0.5, 0.6) is 0 Å². The molecule has 1 saturated heterocycles. The van der Waals surface area contributed by atoms with Crippen molar-refractivity contribution in [3.63, 3.8) is 0 Å². The highest BCUT2D eigenvalue weighted by atomic mass is 19.4. The largest absolute Gasteiger partial charge is 0.417 e. The van der Waals surface area contributed by atoms with Gasteiger partial charge in [0.15, 0.2) is 0 Å². The fraction of sp³-hybridized carbons (Fsp3) is 0.467. The van der Waals surface area contributed by atoms with Gasteiger partial charge in [-0.15, -0.1) is 0 Å². The van der Waals surface area contributed by atoms with Crippen molar-refractivity contribution in [2.75, 3.05) is 18.4 Å². The first-order valence-corrected chi connectivity index (χ1v) is 7.00. The van der Waals surface area contributed by atoms with E-state index in [4.69, 9.17) is 5.26 Å². The topological polar surface area (TPSA) is 56.1 Å². The Balaban J connectivity index is 2.09. The zero-order valence-corrected chi connectivity index (χ0v) is 12.1. The zero-order chi connectivity index (χ0) is 16.3. The molecule has 1 aliphatic heterocycles. The van der Waals surface area contributed by atoms with Gasteiger partial charge in [-0.1, -0.05) is 6.92 Å². The van der Waals surface area contributed by atoms with Crippen LogP contribution in [-0.2, 0) is 11.0 Å². The summed E-state index contributed by atoms with van der Waals surface area (Å²) in [6.45, 7) is 2.95. The smallest absolute Gasteiger partial charge is 0.380 e. The highest BCUT2D eigenvalue weighted by Crippen LogP contribution is 2.33. The molecule has 1 amide bonds. The monoisotopic (exact) mass is 311 g/mol. The summed E-state index contributed by atoms with van der Waals surface area (Å²) in [7, 11) is 0. The maximum atomic E-state index is 12.7. The lowest BCUT2D eigenvalue weighted by molar-refractivity contribution is -0.137. The molecule has 1 aliphatic rings. The van der Waals surface area contributed by atoms with E-state index in [2.05, 4.69) is 5.32 Å². The van der Waals surface area contributed by atoms with Crippen molar-refractivity contribution in [1.82, 2.24) is 4.90 Å². The molecule has 0 spiro atoms. The Hall–Kier alpha value is -2.23. The molecule has 1 aromatic carbocycles. The van der Waals surface area contributed by atoms with Crippen LogP contribution >= 0.6 is 0 Å². The molecule has 0 unspecified atom stereocenters. The highest BCUT2D eigenvalue weighted by molar-refractivity contribution is 5.76. The molecule has 4 nitrogen and oxygen atoms in total. The van der Waals surface area contributed by atoms with Crippen LogP contribution in [0.1, 0.15) is 30.9 Å². The van der Waals surface area contributed by atoms with Gasteiger partial charge in [-0.3, -0.25) is 4.79 Å². The molecule has 1 aromatic rings. The number of likely N-dealkylation sites (tertiary alicyclic amines) is 1. The standard InChI is InChI=1S/C15H16F3N3O/c1-2-14(22)21-6-5-12(9-21)20-11-3-4-13(15(16,17)18)10(7-11)8-19/h3-4,7,12,20H,2,5-6,9H2,1H3/t12-/m1/s1. The number of carbonyl (C=O) groups excluding carboxylic acids is 1. The first-order valence-electron chi connectivity index (χ1n) is 7.00. The van der Waals surface area contributed by atoms with Gasteiger partial charge in [-0.05, 0) is 24.6 Å². The first-order chi connectivity index (χ1) is 10.3. The van der Waals surface area contributed by atoms with E-state index in [1.807, 2.05) is 0 Å². The van der Waals surface area contributed by atoms with Crippen LogP contribution in [0.2, 0.25) is 0 Å². The molecule has 22 heavy (non-hydrogen) atoms. The van der Waals surface area contributed by atoms with E-state index in [-0.39, 0.29) is 11.9 Å². The molecule has 0 aliphatic carbocycles. The number of anilines is 1. The molecular formula is C15H16F3N3O. The predicted molar refractivity (Wildman–Crippen MR) is 75.1 cm³/mol. The second kappa shape index (κ2) is 6.26. The van der Waals surface area contributed by atoms with Gasteiger partial charge in [0.05, 0.1) is 17.2 Å². The number of nitrogens with zero attached hydrogens (tertiary/aromatic N) is 2. The Morgan fingerprint density at radius 2 is 2.23 bits per heavy atom. The van der Waals surface area contributed by atoms with Crippen LogP contribution in [0.3, 0.4) is 0 Å². The number of alkyl halides is 3. The molecule has 1 N–H and O–H groups in total. The third-order valence-electron chi connectivity index (χ3n) is 3.66. The molecule has 1 atom stereocenters. The van der Waals surface area contributed by atoms with Crippen LogP contribution < -0.4 is 5.32 Å². The molecule has 118 valence electrons. The van der Waals surface area contributed by atoms with Crippen molar-refractivity contribution >= 4 is 11.6 Å². The molecule has 1 heterocycles. The molecule has 0 aromatic heterocycles. The quantitative estimate of drug-likeness (QED) is 0.933. The average Bonchev–Trinajstić information content (AvgIpc) is 2.93. The summed E-state index contributed by atoms with van der Waals surface area (Å²) in [6.07, 6.45) is -3.37. The number of benzene rings is 1. The van der Waals surface area contributed by atoms with Crippen LogP contribution in [0, 0.1) is 11.3 Å². The van der Waals surface area contributed by atoms with Crippen molar-refractivity contribution in [1.29, 1.82) is 5.26 Å². The first kappa shape index (κ1) is 16.1. The molecule has 2 rings (SSSR count). The van der Waals surface area contributed by atoms with Crippen molar-refractivity contribution in [3.8, 4) is 6.07 Å². The number of nitriles is 1. The van der Waals surface area contributed by atoms with Crippen molar-refractivity contribution in [3.05, 3.63) is 29.3 Å². The number of hydrogen-bond donors (Lipinski definition) is 1. The van der Waals surface area contributed by atoms with Gasteiger partial charge in [-0.2, -0.15) is 18.4 Å². The van der Waals surface area contributed by atoms with Crippen molar-refractivity contribution in [2.45, 2.75) is 32.0 Å². The van der Waals surface area contributed by atoms with Crippen LogP contribution in [0.4, 0.5) is 18.9 Å². The number of halogens is 3. The van der Waals surface area contributed by atoms with E-state index in [9.17, 15) is 18.0 Å². The maximum Gasteiger partial charge on any atom is 0.417 e. The minimum Gasteiger partial charge on any atom is -0.380 e. The van der Waals surface area contributed by atoms with Crippen molar-refractivity contribution < 1.29 is 18.0 Å². The minimum absolute atomic E-state index is 0.0150. The van der Waals surface area contributed by atoms with Crippen molar-refractivity contribution in [2.24, 2.45) is 0 Å². The van der Waals surface area contributed by atoms with Gasteiger partial charge >= 0.3 is 6.18 Å². The second-order valence-corrected chi connectivity index (χ2v) is 5.19. The SMILES string of the molecule is CCC(=O)N1CC[C@@H](Nc2ccc(C(F)(F)F)c(C#N)c2)C1. The summed E-state index contributed by atoms with van der Waals surface area (Å²) >= 11 is 0.